The first-order valence-electron chi connectivity index (χ1n) is 14.0. The number of halogens is 1. The second-order valence-corrected chi connectivity index (χ2v) is 12.4. The highest BCUT2D eigenvalue weighted by molar-refractivity contribution is 5.98. The molecule has 5 rings (SSSR count). The van der Waals surface area contributed by atoms with Gasteiger partial charge >= 0.3 is 5.97 Å². The van der Waals surface area contributed by atoms with Gasteiger partial charge in [-0.25, -0.2) is 4.39 Å². The standard InChI is InChI=1S/C29H39FN2O7/c1-28(9-4-10-28)15-31-26(34)23-19-5-6-20(39-19)24(23)32-25(33)17-13-22(18(30)14-21(17)37-3)38-16-7-11-29(2,12-8-16)27(35)36/h13-14,16,19-20,23-24H,4-12,15H2,1-3H3,(H,31,34)(H,32,33)(H,35,36)/t16-,19-,20+,23?,24-,29+/m0/s1. The molecule has 3 N–H and O–H groups in total. The van der Waals surface area contributed by atoms with Crippen molar-refractivity contribution in [1.82, 2.24) is 10.6 Å². The number of benzene rings is 1. The minimum absolute atomic E-state index is 0.0578. The van der Waals surface area contributed by atoms with Crippen molar-refractivity contribution in [3.63, 3.8) is 0 Å². The highest BCUT2D eigenvalue weighted by atomic mass is 19.1. The third-order valence-electron chi connectivity index (χ3n) is 9.47. The summed E-state index contributed by atoms with van der Waals surface area (Å²) in [6, 6.07) is 1.95. The monoisotopic (exact) mass is 546 g/mol. The number of fused-ring (bicyclic) bond motifs is 2. The zero-order valence-electron chi connectivity index (χ0n) is 22.9. The Balaban J connectivity index is 1.28. The number of methoxy groups -OCH3 is 1. The van der Waals surface area contributed by atoms with E-state index in [2.05, 4.69) is 17.6 Å². The lowest BCUT2D eigenvalue weighted by molar-refractivity contribution is -0.150. The number of aliphatic carboxylic acids is 1. The van der Waals surface area contributed by atoms with Crippen LogP contribution < -0.4 is 20.1 Å². The predicted octanol–water partition coefficient (Wildman–Crippen LogP) is 3.83. The van der Waals surface area contributed by atoms with Gasteiger partial charge in [0, 0.05) is 12.6 Å². The molecule has 9 nitrogen and oxygen atoms in total. The highest BCUT2D eigenvalue weighted by Gasteiger charge is 2.53. The molecule has 0 spiro atoms. The fourth-order valence-corrected chi connectivity index (χ4v) is 6.51. The number of carboxylic acids is 1. The number of carboxylic acid groups (broad SMARTS) is 1. The molecule has 2 aliphatic carbocycles. The molecule has 2 aliphatic heterocycles. The van der Waals surface area contributed by atoms with E-state index in [9.17, 15) is 23.9 Å². The number of ether oxygens (including phenoxy) is 3. The molecule has 2 bridgehead atoms. The van der Waals surface area contributed by atoms with Crippen molar-refractivity contribution < 1.29 is 38.1 Å². The Bertz CT molecular complexity index is 1130. The van der Waals surface area contributed by atoms with Crippen LogP contribution in [0.25, 0.3) is 0 Å². The zero-order valence-corrected chi connectivity index (χ0v) is 22.9. The normalized spacial score (nSPS) is 32.7. The molecule has 39 heavy (non-hydrogen) atoms. The Hall–Kier alpha value is -2.88. The average molecular weight is 547 g/mol. The molecule has 214 valence electrons. The lowest BCUT2D eigenvalue weighted by Crippen LogP contribution is -2.53. The third-order valence-corrected chi connectivity index (χ3v) is 9.47. The third kappa shape index (κ3) is 5.44. The Morgan fingerprint density at radius 2 is 1.74 bits per heavy atom. The Morgan fingerprint density at radius 1 is 1.05 bits per heavy atom. The summed E-state index contributed by atoms with van der Waals surface area (Å²) in [5.74, 6) is -2.64. The molecule has 4 aliphatic rings. The predicted molar refractivity (Wildman–Crippen MR) is 139 cm³/mol. The maximum Gasteiger partial charge on any atom is 0.309 e. The number of hydrogen-bond acceptors (Lipinski definition) is 6. The first-order chi connectivity index (χ1) is 18.5. The SMILES string of the molecule is COc1cc(F)c(O[C@H]2CC[C@@](C)(C(=O)O)CC2)cc1C(=O)N[C@@H]1C(C(=O)NCC2(C)CCC2)[C@@H]2CC[C@H]1O2. The molecular formula is C29H39FN2O7. The summed E-state index contributed by atoms with van der Waals surface area (Å²) in [5.41, 5.74) is -0.580. The van der Waals surface area contributed by atoms with E-state index in [1.54, 1.807) is 6.92 Å². The van der Waals surface area contributed by atoms with E-state index in [0.29, 0.717) is 32.2 Å². The molecule has 2 amide bonds. The van der Waals surface area contributed by atoms with Crippen molar-refractivity contribution in [3.8, 4) is 11.5 Å². The van der Waals surface area contributed by atoms with Crippen molar-refractivity contribution in [3.05, 3.63) is 23.5 Å². The molecule has 0 radical (unpaired) electrons. The van der Waals surface area contributed by atoms with Gasteiger partial charge in [0.1, 0.15) is 5.75 Å². The Labute approximate surface area is 228 Å². The van der Waals surface area contributed by atoms with Gasteiger partial charge in [-0.2, -0.15) is 0 Å². The minimum atomic E-state index is -0.843. The fraction of sp³-hybridized carbons (Fsp3) is 0.690. The number of nitrogens with one attached hydrogen (secondary N) is 2. The van der Waals surface area contributed by atoms with Crippen LogP contribution in [0, 0.1) is 22.6 Å². The van der Waals surface area contributed by atoms with E-state index in [0.717, 1.165) is 31.7 Å². The number of carbonyl (C=O) groups is 3. The first-order valence-corrected chi connectivity index (χ1v) is 14.0. The van der Waals surface area contributed by atoms with Crippen molar-refractivity contribution in [2.24, 2.45) is 16.7 Å². The van der Waals surface area contributed by atoms with E-state index in [4.69, 9.17) is 14.2 Å². The van der Waals surface area contributed by atoms with Gasteiger partial charge in [-0.3, -0.25) is 14.4 Å². The van der Waals surface area contributed by atoms with Crippen LogP contribution in [0.1, 0.15) is 82.0 Å². The number of rotatable bonds is 9. The van der Waals surface area contributed by atoms with Crippen molar-refractivity contribution in [1.29, 1.82) is 0 Å². The minimum Gasteiger partial charge on any atom is -0.496 e. The molecule has 4 fully saturated rings. The van der Waals surface area contributed by atoms with Gasteiger partial charge in [0.2, 0.25) is 5.91 Å². The summed E-state index contributed by atoms with van der Waals surface area (Å²) in [4.78, 5) is 38.2. The fourth-order valence-electron chi connectivity index (χ4n) is 6.51. The molecule has 4 atom stereocenters. The lowest BCUT2D eigenvalue weighted by atomic mass is 9.70. The van der Waals surface area contributed by atoms with Crippen LogP contribution >= 0.6 is 0 Å². The van der Waals surface area contributed by atoms with Gasteiger partial charge in [-0.05, 0) is 69.8 Å². The molecule has 1 aromatic carbocycles. The van der Waals surface area contributed by atoms with Gasteiger partial charge < -0.3 is 30.0 Å². The quantitative estimate of drug-likeness (QED) is 0.430. The topological polar surface area (TPSA) is 123 Å². The Kier molecular flexibility index (Phi) is 7.52. The zero-order chi connectivity index (χ0) is 27.9. The molecule has 10 heteroatoms. The van der Waals surface area contributed by atoms with Crippen molar-refractivity contribution in [2.45, 2.75) is 96.0 Å². The van der Waals surface area contributed by atoms with Gasteiger partial charge in [0.25, 0.3) is 5.91 Å². The summed E-state index contributed by atoms with van der Waals surface area (Å²) in [5, 5.41) is 15.5. The van der Waals surface area contributed by atoms with Crippen LogP contribution in [0.4, 0.5) is 4.39 Å². The number of amides is 2. The van der Waals surface area contributed by atoms with Crippen LogP contribution in [0.5, 0.6) is 11.5 Å². The molecule has 0 aromatic heterocycles. The summed E-state index contributed by atoms with van der Waals surface area (Å²) in [6.45, 7) is 4.49. The maximum atomic E-state index is 14.9. The van der Waals surface area contributed by atoms with Crippen LogP contribution in [0.2, 0.25) is 0 Å². The lowest BCUT2D eigenvalue weighted by Gasteiger charge is -2.39. The molecule has 2 heterocycles. The van der Waals surface area contributed by atoms with Crippen molar-refractivity contribution in [2.75, 3.05) is 13.7 Å². The summed E-state index contributed by atoms with van der Waals surface area (Å²) < 4.78 is 32.2. The maximum absolute atomic E-state index is 14.9. The first kappa shape index (κ1) is 27.7. The number of carbonyl (C=O) groups excluding carboxylic acids is 2. The molecule has 1 unspecified atom stereocenters. The largest absolute Gasteiger partial charge is 0.496 e. The molecule has 2 saturated heterocycles. The van der Waals surface area contributed by atoms with E-state index in [-0.39, 0.29) is 46.7 Å². The second-order valence-electron chi connectivity index (χ2n) is 12.4. The van der Waals surface area contributed by atoms with Gasteiger partial charge in [0.05, 0.1) is 48.4 Å². The van der Waals surface area contributed by atoms with E-state index in [1.165, 1.54) is 19.6 Å². The van der Waals surface area contributed by atoms with Crippen molar-refractivity contribution >= 4 is 17.8 Å². The van der Waals surface area contributed by atoms with Gasteiger partial charge in [-0.1, -0.05) is 13.3 Å². The van der Waals surface area contributed by atoms with Crippen LogP contribution in [-0.2, 0) is 14.3 Å². The van der Waals surface area contributed by atoms with Crippen LogP contribution in [0.3, 0.4) is 0 Å². The summed E-state index contributed by atoms with van der Waals surface area (Å²) in [6.07, 6.45) is 5.79. The van der Waals surface area contributed by atoms with Crippen LogP contribution in [0.15, 0.2) is 12.1 Å². The van der Waals surface area contributed by atoms with E-state index < -0.39 is 35.1 Å². The Morgan fingerprint density at radius 3 is 2.36 bits per heavy atom. The summed E-state index contributed by atoms with van der Waals surface area (Å²) in [7, 11) is 1.36. The molecule has 1 aromatic rings. The van der Waals surface area contributed by atoms with Crippen LogP contribution in [-0.4, -0.2) is 60.9 Å². The molecule has 2 saturated carbocycles. The smallest absolute Gasteiger partial charge is 0.309 e. The van der Waals surface area contributed by atoms with E-state index in [1.807, 2.05) is 0 Å². The molecular weight excluding hydrogens is 507 g/mol. The number of hydrogen-bond donors (Lipinski definition) is 3. The highest BCUT2D eigenvalue weighted by Crippen LogP contribution is 2.42. The van der Waals surface area contributed by atoms with Gasteiger partial charge in [-0.15, -0.1) is 0 Å². The summed E-state index contributed by atoms with van der Waals surface area (Å²) >= 11 is 0. The van der Waals surface area contributed by atoms with Gasteiger partial charge in [0.15, 0.2) is 11.6 Å². The average Bonchev–Trinajstić information content (AvgIpc) is 3.50. The van der Waals surface area contributed by atoms with E-state index >= 15 is 0 Å². The second kappa shape index (κ2) is 10.6.